The van der Waals surface area contributed by atoms with Crippen LogP contribution in [0.1, 0.15) is 60.3 Å². The summed E-state index contributed by atoms with van der Waals surface area (Å²) >= 11 is 0. The van der Waals surface area contributed by atoms with E-state index in [0.29, 0.717) is 22.9 Å². The van der Waals surface area contributed by atoms with Crippen LogP contribution in [0.15, 0.2) is 0 Å². The molecule has 4 aliphatic rings. The Morgan fingerprint density at radius 1 is 0.947 bits per heavy atom. The average molecular weight is 264 g/mol. The van der Waals surface area contributed by atoms with Crippen LogP contribution in [0.5, 0.6) is 0 Å². The predicted molar refractivity (Wildman–Crippen MR) is 74.7 cm³/mol. The molecule has 0 aromatic heterocycles. The second kappa shape index (κ2) is 3.39. The van der Waals surface area contributed by atoms with E-state index in [1.807, 2.05) is 0 Å². The zero-order valence-corrected chi connectivity index (χ0v) is 13.0. The highest BCUT2D eigenvalue weighted by Gasteiger charge is 2.72. The molecule has 0 aromatic rings. The first kappa shape index (κ1) is 12.6. The van der Waals surface area contributed by atoms with Crippen LogP contribution in [0.3, 0.4) is 0 Å². The van der Waals surface area contributed by atoms with Gasteiger partial charge in [0.05, 0.1) is 11.7 Å². The third-order valence-electron chi connectivity index (χ3n) is 7.62. The lowest BCUT2D eigenvalue weighted by Gasteiger charge is -2.47. The number of fused-ring (bicyclic) bond motifs is 3. The number of rotatable bonds is 0. The SMILES string of the molecule is CC1OC2C[C@@]34C[C@H](C(C)(C)[C@@H]3CC[C@H]4C)[C@@]2(C)O1. The van der Waals surface area contributed by atoms with Crippen LogP contribution < -0.4 is 0 Å². The fourth-order valence-electron chi connectivity index (χ4n) is 6.78. The van der Waals surface area contributed by atoms with E-state index in [2.05, 4.69) is 34.6 Å². The van der Waals surface area contributed by atoms with Crippen LogP contribution in [0, 0.1) is 28.6 Å². The van der Waals surface area contributed by atoms with Crippen molar-refractivity contribution in [2.75, 3.05) is 0 Å². The Labute approximate surface area is 117 Å². The summed E-state index contributed by atoms with van der Waals surface area (Å²) in [6, 6.07) is 0. The van der Waals surface area contributed by atoms with Crippen molar-refractivity contribution < 1.29 is 9.47 Å². The van der Waals surface area contributed by atoms with Gasteiger partial charge < -0.3 is 9.47 Å². The first-order chi connectivity index (χ1) is 8.81. The molecular weight excluding hydrogens is 236 g/mol. The van der Waals surface area contributed by atoms with E-state index in [1.165, 1.54) is 25.7 Å². The summed E-state index contributed by atoms with van der Waals surface area (Å²) in [4.78, 5) is 0. The van der Waals surface area contributed by atoms with E-state index in [1.54, 1.807) is 0 Å². The quantitative estimate of drug-likeness (QED) is 0.658. The summed E-state index contributed by atoms with van der Waals surface area (Å²) in [5.74, 6) is 2.41. The van der Waals surface area contributed by atoms with Gasteiger partial charge in [0.25, 0.3) is 0 Å². The van der Waals surface area contributed by atoms with Crippen molar-refractivity contribution in [3.8, 4) is 0 Å². The normalized spacial score (nSPS) is 62.1. The molecule has 2 bridgehead atoms. The van der Waals surface area contributed by atoms with E-state index in [9.17, 15) is 0 Å². The molecule has 4 fully saturated rings. The molecule has 1 spiro atoms. The van der Waals surface area contributed by atoms with Crippen LogP contribution in [0.2, 0.25) is 0 Å². The molecule has 1 aliphatic heterocycles. The van der Waals surface area contributed by atoms with E-state index in [4.69, 9.17) is 9.47 Å². The monoisotopic (exact) mass is 264 g/mol. The highest BCUT2D eigenvalue weighted by Crippen LogP contribution is 2.74. The molecule has 19 heavy (non-hydrogen) atoms. The van der Waals surface area contributed by atoms with E-state index in [-0.39, 0.29) is 11.9 Å². The Balaban J connectivity index is 1.83. The smallest absolute Gasteiger partial charge is 0.156 e. The Bertz CT molecular complexity index is 417. The van der Waals surface area contributed by atoms with Crippen LogP contribution in [-0.4, -0.2) is 18.0 Å². The van der Waals surface area contributed by atoms with Gasteiger partial charge in [0, 0.05) is 0 Å². The molecule has 3 aliphatic carbocycles. The molecule has 2 unspecified atom stereocenters. The fraction of sp³-hybridized carbons (Fsp3) is 1.00. The van der Waals surface area contributed by atoms with Gasteiger partial charge in [-0.3, -0.25) is 0 Å². The van der Waals surface area contributed by atoms with Gasteiger partial charge in [-0.05, 0) is 68.1 Å². The number of hydrogen-bond acceptors (Lipinski definition) is 2. The summed E-state index contributed by atoms with van der Waals surface area (Å²) in [5.41, 5.74) is 0.908. The highest BCUT2D eigenvalue weighted by molar-refractivity contribution is 5.21. The van der Waals surface area contributed by atoms with Crippen molar-refractivity contribution in [3.63, 3.8) is 0 Å². The minimum Gasteiger partial charge on any atom is -0.347 e. The van der Waals surface area contributed by atoms with Crippen LogP contribution >= 0.6 is 0 Å². The molecule has 1 heterocycles. The fourth-order valence-corrected chi connectivity index (χ4v) is 6.78. The first-order valence-electron chi connectivity index (χ1n) is 8.14. The maximum atomic E-state index is 6.29. The lowest BCUT2D eigenvalue weighted by atomic mass is 9.63. The van der Waals surface area contributed by atoms with E-state index in [0.717, 1.165) is 11.8 Å². The van der Waals surface area contributed by atoms with Gasteiger partial charge in [0.1, 0.15) is 0 Å². The molecule has 0 radical (unpaired) electrons. The van der Waals surface area contributed by atoms with Crippen LogP contribution in [0.25, 0.3) is 0 Å². The number of ether oxygens (including phenoxy) is 2. The first-order valence-corrected chi connectivity index (χ1v) is 8.14. The standard InChI is InChI=1S/C17H28O2/c1-10-6-7-12-15(3,4)13-8-17(10,12)9-14-16(13,5)19-11(2)18-14/h10-14H,6-9H2,1-5H3/t10-,11?,12+,13-,14?,16-,17-/m1/s1. The van der Waals surface area contributed by atoms with Gasteiger partial charge >= 0.3 is 0 Å². The molecule has 3 saturated carbocycles. The van der Waals surface area contributed by atoms with Crippen LogP contribution in [-0.2, 0) is 9.47 Å². The van der Waals surface area contributed by atoms with E-state index < -0.39 is 0 Å². The zero-order chi connectivity index (χ0) is 13.6. The van der Waals surface area contributed by atoms with Crippen LogP contribution in [0.4, 0.5) is 0 Å². The summed E-state index contributed by atoms with van der Waals surface area (Å²) in [5, 5.41) is 0. The molecule has 108 valence electrons. The molecule has 0 N–H and O–H groups in total. The third kappa shape index (κ3) is 1.26. The summed E-state index contributed by atoms with van der Waals surface area (Å²) in [7, 11) is 0. The third-order valence-corrected chi connectivity index (χ3v) is 7.62. The van der Waals surface area contributed by atoms with E-state index >= 15 is 0 Å². The topological polar surface area (TPSA) is 18.5 Å². The molecule has 1 saturated heterocycles. The van der Waals surface area contributed by atoms with Gasteiger partial charge in [0.2, 0.25) is 0 Å². The van der Waals surface area contributed by atoms with Gasteiger partial charge in [0.15, 0.2) is 6.29 Å². The predicted octanol–water partition coefficient (Wildman–Crippen LogP) is 3.99. The maximum Gasteiger partial charge on any atom is 0.156 e. The second-order valence-electron chi connectivity index (χ2n) is 8.54. The molecule has 0 amide bonds. The number of hydrogen-bond donors (Lipinski definition) is 0. The Kier molecular flexibility index (Phi) is 2.25. The highest BCUT2D eigenvalue weighted by atomic mass is 16.7. The minimum atomic E-state index is -0.0434. The van der Waals surface area contributed by atoms with Crippen molar-refractivity contribution in [2.45, 2.75) is 78.3 Å². The summed E-state index contributed by atoms with van der Waals surface area (Å²) < 4.78 is 12.5. The average Bonchev–Trinajstić information content (AvgIpc) is 2.83. The van der Waals surface area contributed by atoms with Gasteiger partial charge in [-0.1, -0.05) is 20.8 Å². The van der Waals surface area contributed by atoms with Crippen molar-refractivity contribution in [3.05, 3.63) is 0 Å². The molecule has 2 heteroatoms. The van der Waals surface area contributed by atoms with Gasteiger partial charge in [-0.2, -0.15) is 0 Å². The molecule has 4 rings (SSSR count). The van der Waals surface area contributed by atoms with Crippen molar-refractivity contribution in [2.24, 2.45) is 28.6 Å². The Morgan fingerprint density at radius 2 is 1.68 bits per heavy atom. The molecule has 2 nitrogen and oxygen atoms in total. The molecule has 7 atom stereocenters. The molecular formula is C17H28O2. The lowest BCUT2D eigenvalue weighted by molar-refractivity contribution is -0.113. The van der Waals surface area contributed by atoms with Crippen molar-refractivity contribution in [1.29, 1.82) is 0 Å². The van der Waals surface area contributed by atoms with Crippen molar-refractivity contribution >= 4 is 0 Å². The van der Waals surface area contributed by atoms with Gasteiger partial charge in [-0.15, -0.1) is 0 Å². The largest absolute Gasteiger partial charge is 0.347 e. The zero-order valence-electron chi connectivity index (χ0n) is 13.0. The minimum absolute atomic E-state index is 0.0169. The second-order valence-corrected chi connectivity index (χ2v) is 8.54. The molecule has 0 aromatic carbocycles. The maximum absolute atomic E-state index is 6.29. The lowest BCUT2D eigenvalue weighted by Crippen LogP contribution is -2.52. The van der Waals surface area contributed by atoms with Gasteiger partial charge in [-0.25, -0.2) is 0 Å². The Morgan fingerprint density at radius 3 is 2.42 bits per heavy atom. The summed E-state index contributed by atoms with van der Waals surface area (Å²) in [6.45, 7) is 11.9. The summed E-state index contributed by atoms with van der Waals surface area (Å²) in [6.07, 6.45) is 5.75. The Hall–Kier alpha value is -0.0800. The van der Waals surface area contributed by atoms with Crippen molar-refractivity contribution in [1.82, 2.24) is 0 Å².